The van der Waals surface area contributed by atoms with E-state index in [-0.39, 0.29) is 10.8 Å². The second-order valence-corrected chi connectivity index (χ2v) is 5.11. The van der Waals surface area contributed by atoms with Crippen molar-refractivity contribution in [3.05, 3.63) is 34.6 Å². The average molecular weight is 257 g/mol. The minimum Gasteiger partial charge on any atom is -0.316 e. The van der Waals surface area contributed by atoms with Gasteiger partial charge in [0.05, 0.1) is 5.02 Å². The molecule has 1 aromatic carbocycles. The number of piperidine rings is 1. The zero-order valence-corrected chi connectivity index (χ0v) is 10.7. The Labute approximate surface area is 107 Å². The molecule has 0 aromatic heterocycles. The molecule has 4 heteroatoms. The van der Waals surface area contributed by atoms with Gasteiger partial charge in [-0.1, -0.05) is 24.6 Å². The number of hydrogen-bond donors (Lipinski definition) is 2. The van der Waals surface area contributed by atoms with E-state index in [0.717, 1.165) is 31.6 Å². The molecule has 2 rings (SSSR count). The fourth-order valence-electron chi connectivity index (χ4n) is 2.22. The van der Waals surface area contributed by atoms with E-state index in [1.54, 1.807) is 12.1 Å². The maximum absolute atomic E-state index is 13.0. The summed E-state index contributed by atoms with van der Waals surface area (Å²) >= 11 is 5.75. The third-order valence-corrected chi connectivity index (χ3v) is 3.63. The van der Waals surface area contributed by atoms with Gasteiger partial charge >= 0.3 is 0 Å². The molecule has 1 heterocycles. The zero-order chi connectivity index (χ0) is 12.3. The first kappa shape index (κ1) is 12.8. The van der Waals surface area contributed by atoms with Crippen molar-refractivity contribution in [2.45, 2.75) is 25.9 Å². The number of nitrogens with one attached hydrogen (secondary N) is 2. The molecule has 17 heavy (non-hydrogen) atoms. The van der Waals surface area contributed by atoms with Crippen molar-refractivity contribution < 1.29 is 4.39 Å². The Kier molecular flexibility index (Phi) is 4.37. The third kappa shape index (κ3) is 3.41. The molecule has 1 fully saturated rings. The van der Waals surface area contributed by atoms with E-state index >= 15 is 0 Å². The van der Waals surface area contributed by atoms with E-state index in [2.05, 4.69) is 17.6 Å². The lowest BCUT2D eigenvalue weighted by molar-refractivity contribution is 0.295. The molecule has 0 radical (unpaired) electrons. The van der Waals surface area contributed by atoms with Crippen molar-refractivity contribution in [2.75, 3.05) is 13.1 Å². The maximum atomic E-state index is 13.0. The van der Waals surface area contributed by atoms with Gasteiger partial charge in [-0.3, -0.25) is 0 Å². The molecule has 0 amide bonds. The highest BCUT2D eigenvalue weighted by Gasteiger charge is 2.20. The normalized spacial score (nSPS) is 24.9. The molecule has 1 aliphatic heterocycles. The van der Waals surface area contributed by atoms with Crippen molar-refractivity contribution in [1.82, 2.24) is 10.6 Å². The SMILES string of the molecule is CC1CNCCC1NCc1ccc(F)c(Cl)c1. The second kappa shape index (κ2) is 5.80. The maximum Gasteiger partial charge on any atom is 0.141 e. The summed E-state index contributed by atoms with van der Waals surface area (Å²) in [5.74, 6) is 0.269. The monoisotopic (exact) mass is 256 g/mol. The summed E-state index contributed by atoms with van der Waals surface area (Å²) in [5.41, 5.74) is 1.03. The van der Waals surface area contributed by atoms with Crippen LogP contribution in [0.15, 0.2) is 18.2 Å². The van der Waals surface area contributed by atoms with E-state index in [1.807, 2.05) is 0 Å². The molecule has 1 aliphatic rings. The molecule has 1 saturated heterocycles. The van der Waals surface area contributed by atoms with Crippen LogP contribution in [0.1, 0.15) is 18.9 Å². The average Bonchev–Trinajstić information content (AvgIpc) is 2.32. The van der Waals surface area contributed by atoms with Crippen LogP contribution in [-0.2, 0) is 6.54 Å². The first-order valence-corrected chi connectivity index (χ1v) is 6.42. The van der Waals surface area contributed by atoms with Crippen molar-refractivity contribution >= 4 is 11.6 Å². The summed E-state index contributed by atoms with van der Waals surface area (Å²) in [5, 5.41) is 7.08. The standard InChI is InChI=1S/C13H18ClFN2/c1-9-7-16-5-4-13(9)17-8-10-2-3-12(15)11(14)6-10/h2-3,6,9,13,16-17H,4-5,7-8H2,1H3. The highest BCUT2D eigenvalue weighted by atomic mass is 35.5. The predicted molar refractivity (Wildman–Crippen MR) is 68.7 cm³/mol. The third-order valence-electron chi connectivity index (χ3n) is 3.34. The van der Waals surface area contributed by atoms with Gasteiger partial charge in [0.1, 0.15) is 5.82 Å². The summed E-state index contributed by atoms with van der Waals surface area (Å²) in [6.45, 7) is 5.10. The molecule has 2 nitrogen and oxygen atoms in total. The molecule has 2 N–H and O–H groups in total. The second-order valence-electron chi connectivity index (χ2n) is 4.71. The van der Waals surface area contributed by atoms with Crippen LogP contribution in [-0.4, -0.2) is 19.1 Å². The number of hydrogen-bond acceptors (Lipinski definition) is 2. The molecule has 0 spiro atoms. The topological polar surface area (TPSA) is 24.1 Å². The zero-order valence-electron chi connectivity index (χ0n) is 9.97. The number of halogens is 2. The Morgan fingerprint density at radius 2 is 2.35 bits per heavy atom. The first-order chi connectivity index (χ1) is 8.16. The van der Waals surface area contributed by atoms with Crippen molar-refractivity contribution in [2.24, 2.45) is 5.92 Å². The fourth-order valence-corrected chi connectivity index (χ4v) is 2.42. The van der Waals surface area contributed by atoms with Crippen LogP contribution in [0.3, 0.4) is 0 Å². The highest BCUT2D eigenvalue weighted by molar-refractivity contribution is 6.30. The molecular formula is C13H18ClFN2. The van der Waals surface area contributed by atoms with Gasteiger partial charge in [0.2, 0.25) is 0 Å². The molecule has 0 bridgehead atoms. The van der Waals surface area contributed by atoms with Crippen LogP contribution >= 0.6 is 11.6 Å². The van der Waals surface area contributed by atoms with Crippen molar-refractivity contribution in [3.63, 3.8) is 0 Å². The van der Waals surface area contributed by atoms with Gasteiger partial charge < -0.3 is 10.6 Å². The highest BCUT2D eigenvalue weighted by Crippen LogP contribution is 2.17. The number of benzene rings is 1. The van der Waals surface area contributed by atoms with Crippen LogP contribution in [0, 0.1) is 11.7 Å². The summed E-state index contributed by atoms with van der Waals surface area (Å²) in [4.78, 5) is 0. The van der Waals surface area contributed by atoms with Crippen LogP contribution in [0.25, 0.3) is 0 Å². The summed E-state index contributed by atoms with van der Waals surface area (Å²) in [6.07, 6.45) is 1.14. The largest absolute Gasteiger partial charge is 0.316 e. The number of rotatable bonds is 3. The quantitative estimate of drug-likeness (QED) is 0.869. The Hall–Kier alpha value is -0.640. The predicted octanol–water partition coefficient (Wildman–Crippen LogP) is 2.57. The molecular weight excluding hydrogens is 239 g/mol. The van der Waals surface area contributed by atoms with E-state index in [1.165, 1.54) is 6.07 Å². The Bertz CT molecular complexity index is 384. The summed E-state index contributed by atoms with van der Waals surface area (Å²) in [7, 11) is 0. The van der Waals surface area contributed by atoms with Gasteiger partial charge in [-0.25, -0.2) is 4.39 Å². The van der Waals surface area contributed by atoms with Gasteiger partial charge in [0.25, 0.3) is 0 Å². The van der Waals surface area contributed by atoms with Gasteiger partial charge in [0, 0.05) is 12.6 Å². The van der Waals surface area contributed by atoms with E-state index < -0.39 is 0 Å². The first-order valence-electron chi connectivity index (χ1n) is 6.05. The van der Waals surface area contributed by atoms with Gasteiger partial charge in [-0.05, 0) is 43.1 Å². The van der Waals surface area contributed by atoms with E-state index in [0.29, 0.717) is 12.0 Å². The van der Waals surface area contributed by atoms with Gasteiger partial charge in [0.15, 0.2) is 0 Å². The lowest BCUT2D eigenvalue weighted by Crippen LogP contribution is -2.45. The molecule has 2 atom stereocenters. The van der Waals surface area contributed by atoms with Crippen molar-refractivity contribution in [3.8, 4) is 0 Å². The van der Waals surface area contributed by atoms with Crippen molar-refractivity contribution in [1.29, 1.82) is 0 Å². The Morgan fingerprint density at radius 3 is 3.06 bits per heavy atom. The lowest BCUT2D eigenvalue weighted by atomic mass is 9.95. The van der Waals surface area contributed by atoms with Crippen LogP contribution in [0.4, 0.5) is 4.39 Å². The van der Waals surface area contributed by atoms with Crippen LogP contribution in [0.5, 0.6) is 0 Å². The Balaban J connectivity index is 1.90. The molecule has 0 aliphatic carbocycles. The molecule has 1 aromatic rings. The Morgan fingerprint density at radius 1 is 1.53 bits per heavy atom. The lowest BCUT2D eigenvalue weighted by Gasteiger charge is -2.30. The molecule has 0 saturated carbocycles. The van der Waals surface area contributed by atoms with E-state index in [9.17, 15) is 4.39 Å². The minimum atomic E-state index is -0.356. The minimum absolute atomic E-state index is 0.197. The molecule has 2 unspecified atom stereocenters. The summed E-state index contributed by atoms with van der Waals surface area (Å²) in [6, 6.07) is 5.42. The van der Waals surface area contributed by atoms with Gasteiger partial charge in [-0.2, -0.15) is 0 Å². The van der Waals surface area contributed by atoms with Crippen LogP contribution in [0.2, 0.25) is 5.02 Å². The van der Waals surface area contributed by atoms with E-state index in [4.69, 9.17) is 11.6 Å². The van der Waals surface area contributed by atoms with Crippen LogP contribution < -0.4 is 10.6 Å². The smallest absolute Gasteiger partial charge is 0.141 e. The summed E-state index contributed by atoms with van der Waals surface area (Å²) < 4.78 is 13.0. The van der Waals surface area contributed by atoms with Gasteiger partial charge in [-0.15, -0.1) is 0 Å². The molecule has 94 valence electrons. The fraction of sp³-hybridized carbons (Fsp3) is 0.538.